The summed E-state index contributed by atoms with van der Waals surface area (Å²) in [6, 6.07) is 13.5. The van der Waals surface area contributed by atoms with Gasteiger partial charge < -0.3 is 10.2 Å². The predicted molar refractivity (Wildman–Crippen MR) is 115 cm³/mol. The van der Waals surface area contributed by atoms with E-state index in [4.69, 9.17) is 0 Å². The predicted octanol–water partition coefficient (Wildman–Crippen LogP) is 2.98. The smallest absolute Gasteiger partial charge is 0.292 e. The van der Waals surface area contributed by atoms with Crippen LogP contribution in [0.3, 0.4) is 0 Å². The molecule has 0 aliphatic carbocycles. The topological polar surface area (TPSA) is 80.1 Å². The van der Waals surface area contributed by atoms with Gasteiger partial charge in [0.25, 0.3) is 11.7 Å². The molecule has 0 saturated carbocycles. The zero-order valence-corrected chi connectivity index (χ0v) is 17.3. The zero-order valence-electron chi connectivity index (χ0n) is 17.3. The number of anilines is 1. The van der Waals surface area contributed by atoms with Gasteiger partial charge in [-0.25, -0.2) is 9.67 Å². The van der Waals surface area contributed by atoms with E-state index in [-0.39, 0.29) is 6.54 Å². The number of benzene rings is 1. The summed E-state index contributed by atoms with van der Waals surface area (Å²) in [4.78, 5) is 32.0. The number of rotatable bonds is 6. The minimum absolute atomic E-state index is 0.253. The van der Waals surface area contributed by atoms with Gasteiger partial charge in [-0.2, -0.15) is 5.10 Å². The maximum absolute atomic E-state index is 12.8. The molecule has 0 radical (unpaired) electrons. The number of ketones is 1. The van der Waals surface area contributed by atoms with Crippen LogP contribution in [0.4, 0.5) is 5.82 Å². The Bertz CT molecular complexity index is 1050. The summed E-state index contributed by atoms with van der Waals surface area (Å²) in [7, 11) is 0. The van der Waals surface area contributed by atoms with Crippen LogP contribution < -0.4 is 10.2 Å². The molecule has 1 N–H and O–H groups in total. The van der Waals surface area contributed by atoms with Crippen LogP contribution in [0.1, 0.15) is 40.2 Å². The molecule has 2 aromatic heterocycles. The SMILES string of the molecule is Cc1nn(-c2ccccc2)c(C)c1C(=O)C(=O)NCc1ccc(N2CCCC2)nc1. The molecular weight excluding hydrogens is 378 g/mol. The van der Waals surface area contributed by atoms with Crippen molar-refractivity contribution in [1.82, 2.24) is 20.1 Å². The molecule has 3 heterocycles. The first-order valence-electron chi connectivity index (χ1n) is 10.2. The fraction of sp³-hybridized carbons (Fsp3) is 0.304. The van der Waals surface area contributed by atoms with Crippen molar-refractivity contribution in [2.45, 2.75) is 33.2 Å². The molecule has 1 fully saturated rings. The van der Waals surface area contributed by atoms with E-state index in [1.807, 2.05) is 42.5 Å². The highest BCUT2D eigenvalue weighted by Gasteiger charge is 2.25. The summed E-state index contributed by atoms with van der Waals surface area (Å²) in [5.41, 5.74) is 3.23. The van der Waals surface area contributed by atoms with Crippen molar-refractivity contribution in [2.24, 2.45) is 0 Å². The Morgan fingerprint density at radius 3 is 2.43 bits per heavy atom. The lowest BCUT2D eigenvalue weighted by Crippen LogP contribution is -2.31. The van der Waals surface area contributed by atoms with E-state index in [2.05, 4.69) is 20.3 Å². The first kappa shape index (κ1) is 19.8. The Balaban J connectivity index is 1.43. The lowest BCUT2D eigenvalue weighted by atomic mass is 10.1. The molecule has 7 nitrogen and oxygen atoms in total. The average molecular weight is 403 g/mol. The van der Waals surface area contributed by atoms with Crippen molar-refractivity contribution < 1.29 is 9.59 Å². The fourth-order valence-electron chi connectivity index (χ4n) is 3.82. The van der Waals surface area contributed by atoms with Gasteiger partial charge in [0.2, 0.25) is 0 Å². The summed E-state index contributed by atoms with van der Waals surface area (Å²) in [6.07, 6.45) is 4.14. The zero-order chi connectivity index (χ0) is 21.1. The second-order valence-electron chi connectivity index (χ2n) is 7.52. The molecular formula is C23H25N5O2. The number of aromatic nitrogens is 3. The van der Waals surface area contributed by atoms with Gasteiger partial charge in [-0.05, 0) is 50.5 Å². The van der Waals surface area contributed by atoms with Crippen LogP contribution >= 0.6 is 0 Å². The van der Waals surface area contributed by atoms with E-state index in [9.17, 15) is 9.59 Å². The number of Topliss-reactive ketones (excluding diaryl/α,β-unsaturated/α-hetero) is 1. The number of pyridine rings is 1. The van der Waals surface area contributed by atoms with Crippen LogP contribution in [-0.4, -0.2) is 39.5 Å². The highest BCUT2D eigenvalue weighted by atomic mass is 16.2. The van der Waals surface area contributed by atoms with Gasteiger partial charge in [0.1, 0.15) is 5.82 Å². The maximum atomic E-state index is 12.8. The Hall–Kier alpha value is -3.48. The summed E-state index contributed by atoms with van der Waals surface area (Å²) in [5.74, 6) is -0.260. The molecule has 1 aromatic carbocycles. The molecule has 0 unspecified atom stereocenters. The van der Waals surface area contributed by atoms with Gasteiger partial charge >= 0.3 is 0 Å². The number of nitrogens with one attached hydrogen (secondary N) is 1. The third kappa shape index (κ3) is 3.96. The first-order valence-corrected chi connectivity index (χ1v) is 10.2. The van der Waals surface area contributed by atoms with Gasteiger partial charge in [-0.3, -0.25) is 9.59 Å². The van der Waals surface area contributed by atoms with E-state index in [0.717, 1.165) is 30.2 Å². The molecule has 0 atom stereocenters. The van der Waals surface area contributed by atoms with Gasteiger partial charge in [0.15, 0.2) is 0 Å². The third-order valence-electron chi connectivity index (χ3n) is 5.42. The van der Waals surface area contributed by atoms with Crippen molar-refractivity contribution >= 4 is 17.5 Å². The summed E-state index contributed by atoms with van der Waals surface area (Å²) < 4.78 is 1.69. The van der Waals surface area contributed by atoms with Gasteiger partial charge in [0, 0.05) is 25.8 Å². The number of hydrogen-bond acceptors (Lipinski definition) is 5. The van der Waals surface area contributed by atoms with Gasteiger partial charge in [0.05, 0.1) is 22.6 Å². The molecule has 154 valence electrons. The second kappa shape index (κ2) is 8.49. The Labute approximate surface area is 175 Å². The molecule has 1 aliphatic heterocycles. The minimum atomic E-state index is -0.641. The largest absolute Gasteiger partial charge is 0.357 e. The van der Waals surface area contributed by atoms with Crippen LogP contribution in [0.5, 0.6) is 0 Å². The quantitative estimate of drug-likeness (QED) is 0.506. The Morgan fingerprint density at radius 1 is 1.03 bits per heavy atom. The molecule has 1 aliphatic rings. The molecule has 30 heavy (non-hydrogen) atoms. The molecule has 3 aromatic rings. The van der Waals surface area contributed by atoms with Crippen LogP contribution in [0.2, 0.25) is 0 Å². The number of hydrogen-bond donors (Lipinski definition) is 1. The number of carbonyl (C=O) groups excluding carboxylic acids is 2. The third-order valence-corrected chi connectivity index (χ3v) is 5.42. The van der Waals surface area contributed by atoms with E-state index in [1.165, 1.54) is 12.8 Å². The van der Waals surface area contributed by atoms with Crippen LogP contribution in [0, 0.1) is 13.8 Å². The molecule has 0 spiro atoms. The van der Waals surface area contributed by atoms with E-state index in [1.54, 1.807) is 24.7 Å². The van der Waals surface area contributed by atoms with Crippen LogP contribution in [0.25, 0.3) is 5.69 Å². The summed E-state index contributed by atoms with van der Waals surface area (Å²) in [6.45, 7) is 5.87. The molecule has 1 amide bonds. The number of nitrogens with zero attached hydrogens (tertiary/aromatic N) is 4. The summed E-state index contributed by atoms with van der Waals surface area (Å²) in [5, 5.41) is 7.16. The van der Waals surface area contributed by atoms with Crippen molar-refractivity contribution in [2.75, 3.05) is 18.0 Å². The second-order valence-corrected chi connectivity index (χ2v) is 7.52. The highest BCUT2D eigenvalue weighted by Crippen LogP contribution is 2.19. The first-order chi connectivity index (χ1) is 14.5. The minimum Gasteiger partial charge on any atom is -0.357 e. The normalized spacial score (nSPS) is 13.5. The van der Waals surface area contributed by atoms with E-state index < -0.39 is 11.7 Å². The summed E-state index contributed by atoms with van der Waals surface area (Å²) >= 11 is 0. The monoisotopic (exact) mass is 403 g/mol. The fourth-order valence-corrected chi connectivity index (χ4v) is 3.82. The van der Waals surface area contributed by atoms with Gasteiger partial charge in [-0.15, -0.1) is 0 Å². The van der Waals surface area contributed by atoms with Crippen molar-refractivity contribution in [3.63, 3.8) is 0 Å². The van der Waals surface area contributed by atoms with Crippen LogP contribution in [0.15, 0.2) is 48.7 Å². The Kier molecular flexibility index (Phi) is 5.61. The Morgan fingerprint density at radius 2 is 1.77 bits per heavy atom. The molecule has 0 bridgehead atoms. The molecule has 4 rings (SSSR count). The van der Waals surface area contributed by atoms with E-state index in [0.29, 0.717) is 17.0 Å². The average Bonchev–Trinajstić information content (AvgIpc) is 3.41. The lowest BCUT2D eigenvalue weighted by molar-refractivity contribution is -0.117. The maximum Gasteiger partial charge on any atom is 0.292 e. The number of carbonyl (C=O) groups is 2. The van der Waals surface area contributed by atoms with Crippen molar-refractivity contribution in [1.29, 1.82) is 0 Å². The van der Waals surface area contributed by atoms with E-state index >= 15 is 0 Å². The van der Waals surface area contributed by atoms with Crippen molar-refractivity contribution in [3.8, 4) is 5.69 Å². The van der Waals surface area contributed by atoms with Crippen LogP contribution in [-0.2, 0) is 11.3 Å². The standard InChI is InChI=1S/C23H25N5O2/c1-16-21(17(2)28(26-16)19-8-4-3-5-9-19)22(29)23(30)25-15-18-10-11-20(24-14-18)27-12-6-7-13-27/h3-5,8-11,14H,6-7,12-13,15H2,1-2H3,(H,25,30). The number of aryl methyl sites for hydroxylation is 1. The number of amides is 1. The number of para-hydroxylation sites is 1. The highest BCUT2D eigenvalue weighted by molar-refractivity contribution is 6.43. The van der Waals surface area contributed by atoms with Gasteiger partial charge in [-0.1, -0.05) is 24.3 Å². The van der Waals surface area contributed by atoms with Crippen molar-refractivity contribution in [3.05, 3.63) is 71.2 Å². The molecule has 1 saturated heterocycles. The lowest BCUT2D eigenvalue weighted by Gasteiger charge is -2.16. The molecule has 7 heteroatoms.